The van der Waals surface area contributed by atoms with Crippen LogP contribution in [-0.2, 0) is 10.0 Å². The first kappa shape index (κ1) is 12.5. The first-order chi connectivity index (χ1) is 6.78. The van der Waals surface area contributed by atoms with Crippen LogP contribution in [0.1, 0.15) is 0 Å². The van der Waals surface area contributed by atoms with Gasteiger partial charge in [-0.2, -0.15) is 0 Å². The Bertz CT molecular complexity index is 488. The summed E-state index contributed by atoms with van der Waals surface area (Å²) in [5, 5.41) is 0. The van der Waals surface area contributed by atoms with E-state index < -0.39 is 31.0 Å². The second-order valence-electron chi connectivity index (χ2n) is 2.96. The van der Waals surface area contributed by atoms with Crippen LogP contribution in [0.5, 0.6) is 0 Å². The van der Waals surface area contributed by atoms with Crippen LogP contribution in [0.4, 0.5) is 8.78 Å². The summed E-state index contributed by atoms with van der Waals surface area (Å²) in [5.41, 5.74) is 0. The highest BCUT2D eigenvalue weighted by Crippen LogP contribution is 2.26. The summed E-state index contributed by atoms with van der Waals surface area (Å²) in [6.45, 7) is 0. The standard InChI is InChI=1S/C8H8BrF2NO2S/c1-12(2)15(13,14)6-4-3-5(10)7(9)8(6)11/h3-4H,1-2H3. The Morgan fingerprint density at radius 2 is 1.80 bits per heavy atom. The van der Waals surface area contributed by atoms with Gasteiger partial charge in [-0.05, 0) is 28.1 Å². The van der Waals surface area contributed by atoms with Gasteiger partial charge in [0.2, 0.25) is 10.0 Å². The quantitative estimate of drug-likeness (QED) is 0.783. The van der Waals surface area contributed by atoms with Crippen LogP contribution in [0.15, 0.2) is 21.5 Å². The number of nitrogens with zero attached hydrogens (tertiary/aromatic N) is 1. The molecular weight excluding hydrogens is 292 g/mol. The zero-order valence-corrected chi connectivity index (χ0v) is 10.4. The van der Waals surface area contributed by atoms with Crippen LogP contribution < -0.4 is 0 Å². The molecule has 0 aliphatic carbocycles. The molecule has 1 aromatic carbocycles. The molecule has 1 rings (SSSR count). The van der Waals surface area contributed by atoms with Gasteiger partial charge in [0.25, 0.3) is 0 Å². The molecule has 84 valence electrons. The fourth-order valence-electron chi connectivity index (χ4n) is 0.904. The summed E-state index contributed by atoms with van der Waals surface area (Å²) in [7, 11) is -1.35. The van der Waals surface area contributed by atoms with Crippen LogP contribution in [0.25, 0.3) is 0 Å². The number of sulfonamides is 1. The molecule has 0 aliphatic heterocycles. The average Bonchev–Trinajstić information content (AvgIpc) is 2.13. The van der Waals surface area contributed by atoms with Crippen molar-refractivity contribution in [3.05, 3.63) is 28.2 Å². The van der Waals surface area contributed by atoms with E-state index in [1.807, 2.05) is 0 Å². The number of benzene rings is 1. The van der Waals surface area contributed by atoms with Gasteiger partial charge in [-0.1, -0.05) is 0 Å². The summed E-state index contributed by atoms with van der Waals surface area (Å²) in [6.07, 6.45) is 0. The fraction of sp³-hybridized carbons (Fsp3) is 0.250. The third-order valence-corrected chi connectivity index (χ3v) is 4.32. The van der Waals surface area contributed by atoms with E-state index in [0.29, 0.717) is 0 Å². The molecule has 0 spiro atoms. The predicted octanol–water partition coefficient (Wildman–Crippen LogP) is 1.98. The van der Waals surface area contributed by atoms with Gasteiger partial charge in [-0.3, -0.25) is 0 Å². The maximum atomic E-state index is 13.4. The van der Waals surface area contributed by atoms with Crippen LogP contribution in [0.3, 0.4) is 0 Å². The first-order valence-electron chi connectivity index (χ1n) is 3.84. The van der Waals surface area contributed by atoms with Gasteiger partial charge < -0.3 is 0 Å². The lowest BCUT2D eigenvalue weighted by molar-refractivity contribution is 0.501. The van der Waals surface area contributed by atoms with Crippen molar-refractivity contribution >= 4 is 26.0 Å². The van der Waals surface area contributed by atoms with E-state index in [1.54, 1.807) is 0 Å². The first-order valence-corrected chi connectivity index (χ1v) is 6.08. The zero-order chi connectivity index (χ0) is 11.8. The molecule has 3 nitrogen and oxygen atoms in total. The molecule has 1 aromatic rings. The van der Waals surface area contributed by atoms with Gasteiger partial charge in [0.1, 0.15) is 10.7 Å². The molecule has 0 atom stereocenters. The molecule has 15 heavy (non-hydrogen) atoms. The molecule has 0 bridgehead atoms. The maximum absolute atomic E-state index is 13.4. The minimum absolute atomic E-state index is 0.481. The number of hydrogen-bond donors (Lipinski definition) is 0. The van der Waals surface area contributed by atoms with Gasteiger partial charge in [0, 0.05) is 14.1 Å². The highest BCUT2D eigenvalue weighted by atomic mass is 79.9. The Hall–Kier alpha value is -0.530. The van der Waals surface area contributed by atoms with Crippen molar-refractivity contribution in [2.75, 3.05) is 14.1 Å². The lowest BCUT2D eigenvalue weighted by Gasteiger charge is -2.12. The smallest absolute Gasteiger partial charge is 0.207 e. The van der Waals surface area contributed by atoms with E-state index >= 15 is 0 Å². The third-order valence-electron chi connectivity index (χ3n) is 1.76. The SMILES string of the molecule is CN(C)S(=O)(=O)c1ccc(F)c(Br)c1F. The van der Waals surface area contributed by atoms with E-state index in [-0.39, 0.29) is 0 Å². The summed E-state index contributed by atoms with van der Waals surface area (Å²) >= 11 is 2.64. The highest BCUT2D eigenvalue weighted by molar-refractivity contribution is 9.10. The van der Waals surface area contributed by atoms with Crippen molar-refractivity contribution < 1.29 is 17.2 Å². The summed E-state index contributed by atoms with van der Waals surface area (Å²) < 4.78 is 49.8. The van der Waals surface area contributed by atoms with E-state index in [1.165, 1.54) is 14.1 Å². The molecule has 0 amide bonds. The molecule has 0 radical (unpaired) electrons. The summed E-state index contributed by atoms with van der Waals surface area (Å²) in [6, 6.07) is 1.79. The maximum Gasteiger partial charge on any atom is 0.245 e. The number of halogens is 3. The van der Waals surface area contributed by atoms with E-state index in [2.05, 4.69) is 15.9 Å². The molecule has 0 aliphatic rings. The predicted molar refractivity (Wildman–Crippen MR) is 54.9 cm³/mol. The Kier molecular flexibility index (Phi) is 3.47. The Balaban J connectivity index is 3.48. The molecule has 0 heterocycles. The van der Waals surface area contributed by atoms with Crippen molar-refractivity contribution in [3.8, 4) is 0 Å². The Morgan fingerprint density at radius 1 is 1.27 bits per heavy atom. The van der Waals surface area contributed by atoms with Gasteiger partial charge in [-0.25, -0.2) is 21.5 Å². The van der Waals surface area contributed by atoms with Crippen molar-refractivity contribution in [3.63, 3.8) is 0 Å². The van der Waals surface area contributed by atoms with Crippen molar-refractivity contribution in [1.29, 1.82) is 0 Å². The average molecular weight is 300 g/mol. The molecule has 0 saturated carbocycles. The van der Waals surface area contributed by atoms with E-state index in [4.69, 9.17) is 0 Å². The molecule has 7 heteroatoms. The second kappa shape index (κ2) is 4.15. The minimum atomic E-state index is -3.89. The summed E-state index contributed by atoms with van der Waals surface area (Å²) in [5.74, 6) is -1.96. The van der Waals surface area contributed by atoms with Crippen molar-refractivity contribution in [2.45, 2.75) is 4.90 Å². The second-order valence-corrected chi connectivity index (χ2v) is 5.87. The van der Waals surface area contributed by atoms with Crippen molar-refractivity contribution in [1.82, 2.24) is 4.31 Å². The normalized spacial score (nSPS) is 12.1. The number of hydrogen-bond acceptors (Lipinski definition) is 2. The molecule has 0 unspecified atom stereocenters. The summed E-state index contributed by atoms with van der Waals surface area (Å²) in [4.78, 5) is -0.555. The van der Waals surface area contributed by atoms with Crippen LogP contribution in [-0.4, -0.2) is 26.8 Å². The Morgan fingerprint density at radius 3 is 2.27 bits per heavy atom. The van der Waals surface area contributed by atoms with Crippen LogP contribution in [0, 0.1) is 11.6 Å². The van der Waals surface area contributed by atoms with Gasteiger partial charge in [-0.15, -0.1) is 0 Å². The molecule has 0 saturated heterocycles. The lowest BCUT2D eigenvalue weighted by Crippen LogP contribution is -2.23. The van der Waals surface area contributed by atoms with Gasteiger partial charge >= 0.3 is 0 Å². The van der Waals surface area contributed by atoms with Crippen LogP contribution in [0.2, 0.25) is 0 Å². The minimum Gasteiger partial charge on any atom is -0.207 e. The topological polar surface area (TPSA) is 37.4 Å². The third kappa shape index (κ3) is 2.19. The monoisotopic (exact) mass is 299 g/mol. The molecule has 0 N–H and O–H groups in total. The van der Waals surface area contributed by atoms with Gasteiger partial charge in [0.15, 0.2) is 5.82 Å². The van der Waals surface area contributed by atoms with E-state index in [0.717, 1.165) is 16.4 Å². The zero-order valence-electron chi connectivity index (χ0n) is 7.96. The molecule has 0 fully saturated rings. The van der Waals surface area contributed by atoms with Crippen molar-refractivity contribution in [2.24, 2.45) is 0 Å². The van der Waals surface area contributed by atoms with E-state index in [9.17, 15) is 17.2 Å². The van der Waals surface area contributed by atoms with Gasteiger partial charge in [0.05, 0.1) is 4.47 Å². The molecular formula is C8H8BrF2NO2S. The van der Waals surface area contributed by atoms with Crippen LogP contribution >= 0.6 is 15.9 Å². The largest absolute Gasteiger partial charge is 0.245 e. The lowest BCUT2D eigenvalue weighted by atomic mass is 10.3. The highest BCUT2D eigenvalue weighted by Gasteiger charge is 2.24. The molecule has 0 aromatic heterocycles. The Labute approximate surface area is 94.9 Å². The fourth-order valence-corrected chi connectivity index (χ4v) is 2.34. The number of rotatable bonds is 2.